The van der Waals surface area contributed by atoms with Gasteiger partial charge in [0.15, 0.2) is 6.10 Å². The number of ether oxygens (including phenoxy) is 2. The Morgan fingerprint density at radius 2 is 1.85 bits per heavy atom. The first kappa shape index (κ1) is 19.5. The van der Waals surface area contributed by atoms with Gasteiger partial charge in [-0.05, 0) is 68.7 Å². The molecule has 1 amide bonds. The number of rotatable bonds is 7. The zero-order valence-electron chi connectivity index (χ0n) is 15.7. The molecule has 0 radical (unpaired) electrons. The van der Waals surface area contributed by atoms with Gasteiger partial charge in [-0.25, -0.2) is 4.79 Å². The van der Waals surface area contributed by atoms with Gasteiger partial charge < -0.3 is 14.8 Å². The SMILES string of the molecule is CCCOC(=O)c1cccc(NC(=O)C(C)Oc2ccc(C)c(C)c2)c1. The van der Waals surface area contributed by atoms with Crippen molar-refractivity contribution >= 4 is 17.6 Å². The molecule has 0 aliphatic carbocycles. The molecular formula is C21H25NO4. The second kappa shape index (κ2) is 9.04. The summed E-state index contributed by atoms with van der Waals surface area (Å²) in [5, 5.41) is 2.77. The lowest BCUT2D eigenvalue weighted by Crippen LogP contribution is -2.30. The Kier molecular flexibility index (Phi) is 6.78. The van der Waals surface area contributed by atoms with Gasteiger partial charge in [-0.3, -0.25) is 4.79 Å². The second-order valence-corrected chi connectivity index (χ2v) is 6.21. The van der Waals surface area contributed by atoms with Gasteiger partial charge in [0.05, 0.1) is 12.2 Å². The van der Waals surface area contributed by atoms with Crippen LogP contribution >= 0.6 is 0 Å². The van der Waals surface area contributed by atoms with Crippen molar-refractivity contribution in [3.8, 4) is 5.75 Å². The molecule has 138 valence electrons. The number of carbonyl (C=O) groups is 2. The molecule has 0 aliphatic rings. The highest BCUT2D eigenvalue weighted by Gasteiger charge is 2.16. The Bertz CT molecular complexity index is 785. The molecule has 0 aromatic heterocycles. The van der Waals surface area contributed by atoms with Crippen molar-refractivity contribution < 1.29 is 19.1 Å². The summed E-state index contributed by atoms with van der Waals surface area (Å²) in [6.45, 7) is 8.00. The molecule has 1 unspecified atom stereocenters. The molecule has 0 heterocycles. The summed E-state index contributed by atoms with van der Waals surface area (Å²) in [7, 11) is 0. The fourth-order valence-corrected chi connectivity index (χ4v) is 2.29. The molecule has 2 aromatic rings. The van der Waals surface area contributed by atoms with E-state index in [9.17, 15) is 9.59 Å². The van der Waals surface area contributed by atoms with Crippen LogP contribution in [-0.4, -0.2) is 24.6 Å². The average molecular weight is 355 g/mol. The lowest BCUT2D eigenvalue weighted by molar-refractivity contribution is -0.122. The zero-order valence-corrected chi connectivity index (χ0v) is 15.7. The Labute approximate surface area is 154 Å². The Balaban J connectivity index is 1.99. The van der Waals surface area contributed by atoms with Crippen LogP contribution in [0.3, 0.4) is 0 Å². The minimum absolute atomic E-state index is 0.290. The van der Waals surface area contributed by atoms with Crippen molar-refractivity contribution in [2.45, 2.75) is 40.2 Å². The van der Waals surface area contributed by atoms with Crippen LogP contribution in [-0.2, 0) is 9.53 Å². The predicted octanol–water partition coefficient (Wildman–Crippen LogP) is 4.28. The number of nitrogens with one attached hydrogen (secondary N) is 1. The Morgan fingerprint density at radius 1 is 1.08 bits per heavy atom. The van der Waals surface area contributed by atoms with E-state index in [0.29, 0.717) is 23.6 Å². The van der Waals surface area contributed by atoms with E-state index < -0.39 is 12.1 Å². The summed E-state index contributed by atoms with van der Waals surface area (Å²) < 4.78 is 10.8. The molecule has 0 saturated carbocycles. The highest BCUT2D eigenvalue weighted by molar-refractivity contribution is 5.96. The molecule has 2 aromatic carbocycles. The lowest BCUT2D eigenvalue weighted by Gasteiger charge is -2.16. The number of hydrogen-bond acceptors (Lipinski definition) is 4. The quantitative estimate of drug-likeness (QED) is 0.753. The molecule has 26 heavy (non-hydrogen) atoms. The number of anilines is 1. The van der Waals surface area contributed by atoms with E-state index in [1.165, 1.54) is 5.56 Å². The molecule has 0 bridgehead atoms. The third-order valence-corrected chi connectivity index (χ3v) is 3.96. The molecule has 0 fully saturated rings. The molecule has 0 spiro atoms. The number of hydrogen-bond donors (Lipinski definition) is 1. The van der Waals surface area contributed by atoms with Gasteiger partial charge in [-0.2, -0.15) is 0 Å². The molecular weight excluding hydrogens is 330 g/mol. The maximum absolute atomic E-state index is 12.4. The zero-order chi connectivity index (χ0) is 19.1. The van der Waals surface area contributed by atoms with Gasteiger partial charge in [0, 0.05) is 5.69 Å². The van der Waals surface area contributed by atoms with E-state index in [1.807, 2.05) is 39.0 Å². The summed E-state index contributed by atoms with van der Waals surface area (Å²) in [4.78, 5) is 24.3. The van der Waals surface area contributed by atoms with Crippen molar-refractivity contribution in [1.82, 2.24) is 0 Å². The first-order chi connectivity index (χ1) is 12.4. The molecule has 2 rings (SSSR count). The highest BCUT2D eigenvalue weighted by atomic mass is 16.5. The molecule has 5 nitrogen and oxygen atoms in total. The van der Waals surface area contributed by atoms with Gasteiger partial charge in [0.25, 0.3) is 5.91 Å². The van der Waals surface area contributed by atoms with Gasteiger partial charge in [0.2, 0.25) is 0 Å². The van der Waals surface area contributed by atoms with Crippen LogP contribution in [0, 0.1) is 13.8 Å². The third-order valence-electron chi connectivity index (χ3n) is 3.96. The van der Waals surface area contributed by atoms with E-state index >= 15 is 0 Å². The van der Waals surface area contributed by atoms with Crippen molar-refractivity contribution in [3.05, 3.63) is 59.2 Å². The predicted molar refractivity (Wildman–Crippen MR) is 102 cm³/mol. The van der Waals surface area contributed by atoms with Crippen LogP contribution in [0.15, 0.2) is 42.5 Å². The van der Waals surface area contributed by atoms with Gasteiger partial charge in [-0.1, -0.05) is 19.1 Å². The van der Waals surface area contributed by atoms with Crippen molar-refractivity contribution in [2.75, 3.05) is 11.9 Å². The van der Waals surface area contributed by atoms with Crippen molar-refractivity contribution in [2.24, 2.45) is 0 Å². The lowest BCUT2D eigenvalue weighted by atomic mass is 10.1. The molecule has 0 saturated heterocycles. The number of aryl methyl sites for hydroxylation is 2. The van der Waals surface area contributed by atoms with Gasteiger partial charge >= 0.3 is 5.97 Å². The normalized spacial score (nSPS) is 11.5. The molecule has 0 aliphatic heterocycles. The van der Waals surface area contributed by atoms with E-state index in [2.05, 4.69) is 5.32 Å². The fraction of sp³-hybridized carbons (Fsp3) is 0.333. The van der Waals surface area contributed by atoms with Crippen LogP contribution in [0.2, 0.25) is 0 Å². The second-order valence-electron chi connectivity index (χ2n) is 6.21. The fourth-order valence-electron chi connectivity index (χ4n) is 2.29. The summed E-state index contributed by atoms with van der Waals surface area (Å²) in [6.07, 6.45) is 0.0861. The first-order valence-electron chi connectivity index (χ1n) is 8.72. The van der Waals surface area contributed by atoms with E-state index in [4.69, 9.17) is 9.47 Å². The van der Waals surface area contributed by atoms with Crippen LogP contribution in [0.5, 0.6) is 5.75 Å². The maximum atomic E-state index is 12.4. The van der Waals surface area contributed by atoms with Crippen LogP contribution in [0.4, 0.5) is 5.69 Å². The summed E-state index contributed by atoms with van der Waals surface area (Å²) >= 11 is 0. The molecule has 5 heteroatoms. The smallest absolute Gasteiger partial charge is 0.338 e. The molecule has 1 atom stereocenters. The average Bonchev–Trinajstić information content (AvgIpc) is 2.63. The standard InChI is InChI=1S/C21H25NO4/c1-5-11-25-21(24)17-7-6-8-18(13-17)22-20(23)16(4)26-19-10-9-14(2)15(3)12-19/h6-10,12-13,16H,5,11H2,1-4H3,(H,22,23). The monoisotopic (exact) mass is 355 g/mol. The van der Waals surface area contributed by atoms with Crippen LogP contribution < -0.4 is 10.1 Å². The van der Waals surface area contributed by atoms with Gasteiger partial charge in [0.1, 0.15) is 5.75 Å². The minimum atomic E-state index is -0.673. The first-order valence-corrected chi connectivity index (χ1v) is 8.72. The maximum Gasteiger partial charge on any atom is 0.338 e. The topological polar surface area (TPSA) is 64.6 Å². The van der Waals surface area contributed by atoms with E-state index in [0.717, 1.165) is 12.0 Å². The number of esters is 1. The largest absolute Gasteiger partial charge is 0.481 e. The minimum Gasteiger partial charge on any atom is -0.481 e. The van der Waals surface area contributed by atoms with Gasteiger partial charge in [-0.15, -0.1) is 0 Å². The highest BCUT2D eigenvalue weighted by Crippen LogP contribution is 2.18. The third kappa shape index (κ3) is 5.34. The molecule has 1 N–H and O–H groups in total. The number of carbonyl (C=O) groups excluding carboxylic acids is 2. The van der Waals surface area contributed by atoms with Crippen molar-refractivity contribution in [1.29, 1.82) is 0 Å². The van der Waals surface area contributed by atoms with Crippen molar-refractivity contribution in [3.63, 3.8) is 0 Å². The van der Waals surface area contributed by atoms with E-state index in [-0.39, 0.29) is 5.91 Å². The summed E-state index contributed by atoms with van der Waals surface area (Å²) in [5.41, 5.74) is 3.20. The van der Waals surface area contributed by atoms with Crippen LogP contribution in [0.1, 0.15) is 41.8 Å². The summed E-state index contributed by atoms with van der Waals surface area (Å²) in [5.74, 6) is -0.0441. The number of amides is 1. The Hall–Kier alpha value is -2.82. The van der Waals surface area contributed by atoms with E-state index in [1.54, 1.807) is 31.2 Å². The summed E-state index contributed by atoms with van der Waals surface area (Å²) in [6, 6.07) is 12.4. The Morgan fingerprint density at radius 3 is 2.54 bits per heavy atom. The van der Waals surface area contributed by atoms with Crippen LogP contribution in [0.25, 0.3) is 0 Å². The number of benzene rings is 2.